The van der Waals surface area contributed by atoms with Crippen molar-refractivity contribution in [2.75, 3.05) is 0 Å². The van der Waals surface area contributed by atoms with Crippen molar-refractivity contribution in [2.24, 2.45) is 29.1 Å². The summed E-state index contributed by atoms with van der Waals surface area (Å²) < 4.78 is 0. The Hall–Kier alpha value is -1.07. The minimum Gasteiger partial charge on any atom is -0.377 e. The van der Waals surface area contributed by atoms with Crippen molar-refractivity contribution in [3.63, 3.8) is 0 Å². The molecule has 0 bridgehead atoms. The zero-order valence-electron chi connectivity index (χ0n) is 13.5. The van der Waals surface area contributed by atoms with Crippen molar-refractivity contribution >= 4 is 5.78 Å². The van der Waals surface area contributed by atoms with E-state index in [1.54, 1.807) is 0 Å². The number of ketones is 1. The largest absolute Gasteiger partial charge is 0.377 e. The molecule has 1 N–H and O–H groups in total. The fraction of sp³-hybridized carbons (Fsp3) is 0.750. The van der Waals surface area contributed by atoms with Gasteiger partial charge >= 0.3 is 0 Å². The van der Waals surface area contributed by atoms with E-state index in [0.717, 1.165) is 44.9 Å². The molecule has 6 atom stereocenters. The Balaban J connectivity index is 1.65. The monoisotopic (exact) mass is 298 g/mol. The van der Waals surface area contributed by atoms with Gasteiger partial charge in [0.05, 0.1) is 0 Å². The van der Waals surface area contributed by atoms with E-state index in [-0.39, 0.29) is 5.41 Å². The van der Waals surface area contributed by atoms with Gasteiger partial charge < -0.3 is 5.11 Å². The van der Waals surface area contributed by atoms with E-state index in [9.17, 15) is 9.90 Å². The molecule has 0 aromatic rings. The molecule has 0 spiro atoms. The molecule has 3 saturated carbocycles. The van der Waals surface area contributed by atoms with Gasteiger partial charge in [-0.2, -0.15) is 0 Å². The normalized spacial score (nSPS) is 50.4. The first-order valence-electron chi connectivity index (χ1n) is 8.92. The smallest absolute Gasteiger partial charge is 0.155 e. The summed E-state index contributed by atoms with van der Waals surface area (Å²) in [4.78, 5) is 11.7. The highest BCUT2D eigenvalue weighted by atomic mass is 16.3. The lowest BCUT2D eigenvalue weighted by atomic mass is 9.50. The molecule has 2 nitrogen and oxygen atoms in total. The summed E-state index contributed by atoms with van der Waals surface area (Å²) in [6.45, 7) is 2.23. The van der Waals surface area contributed by atoms with Crippen LogP contribution in [-0.2, 0) is 4.79 Å². The van der Waals surface area contributed by atoms with E-state index in [2.05, 4.69) is 12.8 Å². The van der Waals surface area contributed by atoms with Crippen molar-refractivity contribution < 1.29 is 9.90 Å². The minimum atomic E-state index is -0.902. The molecule has 22 heavy (non-hydrogen) atoms. The predicted molar refractivity (Wildman–Crippen MR) is 85.9 cm³/mol. The van der Waals surface area contributed by atoms with Gasteiger partial charge in [0.2, 0.25) is 0 Å². The fourth-order valence-corrected chi connectivity index (χ4v) is 6.43. The Kier molecular flexibility index (Phi) is 3.11. The second kappa shape index (κ2) is 4.71. The Labute approximate surface area is 133 Å². The number of hydrogen-bond acceptors (Lipinski definition) is 2. The third kappa shape index (κ3) is 1.75. The first kappa shape index (κ1) is 14.5. The quantitative estimate of drug-likeness (QED) is 0.695. The summed E-state index contributed by atoms with van der Waals surface area (Å²) in [7, 11) is 0. The van der Waals surface area contributed by atoms with Crippen LogP contribution in [0, 0.1) is 41.4 Å². The molecule has 118 valence electrons. The Bertz CT molecular complexity index is 583. The number of fused-ring (bicyclic) bond motifs is 5. The number of carbonyl (C=O) groups is 1. The van der Waals surface area contributed by atoms with Crippen LogP contribution < -0.4 is 0 Å². The molecule has 0 saturated heterocycles. The van der Waals surface area contributed by atoms with Crippen LogP contribution >= 0.6 is 0 Å². The molecule has 0 heterocycles. The Morgan fingerprint density at radius 3 is 2.77 bits per heavy atom. The van der Waals surface area contributed by atoms with Crippen molar-refractivity contribution in [1.29, 1.82) is 0 Å². The number of terminal acetylenes is 1. The van der Waals surface area contributed by atoms with Crippen molar-refractivity contribution in [3.8, 4) is 12.3 Å². The average molecular weight is 298 g/mol. The molecule has 4 rings (SSSR count). The molecule has 0 aromatic carbocycles. The summed E-state index contributed by atoms with van der Waals surface area (Å²) in [5, 5.41) is 10.9. The maximum Gasteiger partial charge on any atom is 0.155 e. The van der Waals surface area contributed by atoms with Crippen molar-refractivity contribution in [2.45, 2.75) is 63.9 Å². The third-order valence-corrected chi connectivity index (χ3v) is 7.69. The van der Waals surface area contributed by atoms with Crippen LogP contribution in [0.3, 0.4) is 0 Å². The lowest BCUT2D eigenvalue weighted by Gasteiger charge is -2.54. The van der Waals surface area contributed by atoms with E-state index in [0.29, 0.717) is 29.5 Å². The predicted octanol–water partition coefficient (Wildman–Crippen LogP) is 3.49. The van der Waals surface area contributed by atoms with E-state index in [1.165, 1.54) is 12.0 Å². The molecular weight excluding hydrogens is 272 g/mol. The van der Waals surface area contributed by atoms with Gasteiger partial charge in [0, 0.05) is 11.8 Å². The van der Waals surface area contributed by atoms with Crippen LogP contribution in [0.25, 0.3) is 0 Å². The third-order valence-electron chi connectivity index (χ3n) is 7.69. The van der Waals surface area contributed by atoms with E-state index < -0.39 is 5.60 Å². The van der Waals surface area contributed by atoms with Crippen LogP contribution in [-0.4, -0.2) is 16.5 Å². The van der Waals surface area contributed by atoms with Crippen LogP contribution in [0.4, 0.5) is 0 Å². The van der Waals surface area contributed by atoms with E-state index >= 15 is 0 Å². The lowest BCUT2D eigenvalue weighted by Crippen LogP contribution is -2.52. The van der Waals surface area contributed by atoms with E-state index in [4.69, 9.17) is 6.42 Å². The average Bonchev–Trinajstić information content (AvgIpc) is 2.79. The van der Waals surface area contributed by atoms with Gasteiger partial charge in [0.15, 0.2) is 5.78 Å². The topological polar surface area (TPSA) is 37.3 Å². The summed E-state index contributed by atoms with van der Waals surface area (Å²) in [6, 6.07) is 0. The van der Waals surface area contributed by atoms with Crippen LogP contribution in [0.5, 0.6) is 0 Å². The summed E-state index contributed by atoms with van der Waals surface area (Å²) in [5.41, 5.74) is 0.418. The zero-order valence-corrected chi connectivity index (χ0v) is 13.5. The zero-order chi connectivity index (χ0) is 15.5. The summed E-state index contributed by atoms with van der Waals surface area (Å²) in [6.07, 6.45) is 15.7. The second-order valence-corrected chi connectivity index (χ2v) is 8.30. The van der Waals surface area contributed by atoms with Gasteiger partial charge in [0.1, 0.15) is 5.60 Å². The Morgan fingerprint density at radius 1 is 1.18 bits per heavy atom. The second-order valence-electron chi connectivity index (χ2n) is 8.30. The Morgan fingerprint density at radius 2 is 2.00 bits per heavy atom. The molecule has 0 aromatic heterocycles. The molecular formula is C20H26O2. The number of hydrogen-bond donors (Lipinski definition) is 1. The number of allylic oxidation sites excluding steroid dienone is 1. The molecule has 2 heteroatoms. The summed E-state index contributed by atoms with van der Waals surface area (Å²) >= 11 is 0. The number of aliphatic hydroxyl groups is 1. The molecule has 4 aliphatic rings. The minimum absolute atomic E-state index is 0.103. The van der Waals surface area contributed by atoms with Crippen LogP contribution in [0.2, 0.25) is 0 Å². The highest BCUT2D eigenvalue weighted by Crippen LogP contribution is 2.64. The maximum atomic E-state index is 11.7. The van der Waals surface area contributed by atoms with Gasteiger partial charge in [0.25, 0.3) is 0 Å². The first-order chi connectivity index (χ1) is 10.5. The maximum absolute atomic E-state index is 11.7. The molecule has 0 aliphatic heterocycles. The molecule has 0 radical (unpaired) electrons. The van der Waals surface area contributed by atoms with Crippen molar-refractivity contribution in [3.05, 3.63) is 11.6 Å². The van der Waals surface area contributed by atoms with Crippen LogP contribution in [0.1, 0.15) is 58.3 Å². The molecule has 3 fully saturated rings. The molecule has 1 unspecified atom stereocenters. The molecule has 4 aliphatic carbocycles. The number of carbonyl (C=O) groups excluding carboxylic acids is 1. The van der Waals surface area contributed by atoms with Gasteiger partial charge in [-0.15, -0.1) is 6.42 Å². The van der Waals surface area contributed by atoms with Gasteiger partial charge in [-0.3, -0.25) is 4.79 Å². The van der Waals surface area contributed by atoms with Crippen molar-refractivity contribution in [1.82, 2.24) is 0 Å². The summed E-state index contributed by atoms with van der Waals surface area (Å²) in [5.74, 6) is 5.66. The molecule has 0 amide bonds. The first-order valence-corrected chi connectivity index (χ1v) is 8.92. The fourth-order valence-electron chi connectivity index (χ4n) is 6.43. The lowest BCUT2D eigenvalue weighted by molar-refractivity contribution is -0.116. The van der Waals surface area contributed by atoms with E-state index in [1.807, 2.05) is 6.08 Å². The van der Waals surface area contributed by atoms with Gasteiger partial charge in [-0.05, 0) is 74.7 Å². The SMILES string of the molecule is C#C[C@]1(O)CC[C@H]2[C@@H]3CCC4=CC(=O)CC[C@@H]4[C@H]3CCC21C. The highest BCUT2D eigenvalue weighted by Gasteiger charge is 2.61. The van der Waals surface area contributed by atoms with Gasteiger partial charge in [-0.25, -0.2) is 0 Å². The standard InChI is InChI=1S/C20H26O2/c1-3-20(22)11-9-18-17-6-4-13-12-14(21)5-7-15(13)16(17)8-10-19(18,20)2/h1,12,15-18,22H,4-11H2,2H3/t15-,16+,17+,18-,19?,20-/m0/s1. The van der Waals surface area contributed by atoms with Crippen LogP contribution in [0.15, 0.2) is 11.6 Å². The van der Waals surface area contributed by atoms with Gasteiger partial charge in [-0.1, -0.05) is 18.4 Å². The number of rotatable bonds is 0. The highest BCUT2D eigenvalue weighted by molar-refractivity contribution is 5.91.